The molecule has 2 rings (SSSR count). The molecule has 0 aliphatic carbocycles. The Morgan fingerprint density at radius 3 is 2.20 bits per heavy atom. The predicted molar refractivity (Wildman–Crippen MR) is 90.7 cm³/mol. The van der Waals surface area contributed by atoms with E-state index in [0.717, 1.165) is 0 Å². The van der Waals surface area contributed by atoms with E-state index in [-0.39, 0.29) is 12.2 Å². The highest BCUT2D eigenvalue weighted by molar-refractivity contribution is 6.41. The molecule has 0 aliphatic heterocycles. The number of esters is 2. The number of methoxy groups -OCH3 is 2. The molecular weight excluding hydrogens is 324 g/mol. The van der Waals surface area contributed by atoms with Crippen LogP contribution >= 0.6 is 0 Å². The average Bonchev–Trinajstić information content (AvgIpc) is 2.66. The molecule has 0 atom stereocenters. The lowest BCUT2D eigenvalue weighted by atomic mass is 9.96. The maximum Gasteiger partial charge on any atom is 0.379 e. The molecule has 0 radical (unpaired) electrons. The van der Waals surface area contributed by atoms with Crippen molar-refractivity contribution in [2.24, 2.45) is 0 Å². The summed E-state index contributed by atoms with van der Waals surface area (Å²) in [6, 6.07) is 11.3. The quantitative estimate of drug-likeness (QED) is 0.456. The van der Waals surface area contributed by atoms with E-state index in [1.165, 1.54) is 20.3 Å². The summed E-state index contributed by atoms with van der Waals surface area (Å²) in [6.45, 7) is 1.75. The lowest BCUT2D eigenvalue weighted by molar-refractivity contribution is -0.137. The van der Waals surface area contributed by atoms with Gasteiger partial charge in [-0.2, -0.15) is 0 Å². The molecule has 0 spiro atoms. The molecule has 130 valence electrons. The zero-order chi connectivity index (χ0) is 18.4. The summed E-state index contributed by atoms with van der Waals surface area (Å²) in [6.07, 6.45) is 0. The fourth-order valence-corrected chi connectivity index (χ4v) is 2.30. The molecule has 0 heterocycles. The van der Waals surface area contributed by atoms with E-state index in [2.05, 4.69) is 4.74 Å². The topological polar surface area (TPSA) is 78.9 Å². The summed E-state index contributed by atoms with van der Waals surface area (Å²) in [4.78, 5) is 35.7. The van der Waals surface area contributed by atoms with Crippen LogP contribution in [0.2, 0.25) is 0 Å². The lowest BCUT2D eigenvalue weighted by Crippen LogP contribution is -2.18. The molecule has 25 heavy (non-hydrogen) atoms. The summed E-state index contributed by atoms with van der Waals surface area (Å²) < 4.78 is 14.7. The van der Waals surface area contributed by atoms with E-state index in [9.17, 15) is 14.4 Å². The van der Waals surface area contributed by atoms with Crippen molar-refractivity contribution in [1.29, 1.82) is 0 Å². The van der Waals surface area contributed by atoms with E-state index in [4.69, 9.17) is 9.47 Å². The smallest absolute Gasteiger partial charge is 0.379 e. The zero-order valence-electron chi connectivity index (χ0n) is 14.2. The van der Waals surface area contributed by atoms with Crippen LogP contribution in [-0.2, 0) is 14.3 Å². The second-order valence-electron chi connectivity index (χ2n) is 5.03. The molecule has 0 amide bonds. The highest BCUT2D eigenvalue weighted by atomic mass is 16.5. The van der Waals surface area contributed by atoms with Gasteiger partial charge < -0.3 is 14.2 Å². The Hall–Kier alpha value is -3.15. The Bertz CT molecular complexity index is 792. The molecule has 0 saturated carbocycles. The largest absolute Gasteiger partial charge is 0.497 e. The van der Waals surface area contributed by atoms with Crippen molar-refractivity contribution in [3.63, 3.8) is 0 Å². The Morgan fingerprint density at radius 1 is 0.960 bits per heavy atom. The summed E-state index contributed by atoms with van der Waals surface area (Å²) in [7, 11) is 2.81. The molecule has 0 saturated heterocycles. The summed E-state index contributed by atoms with van der Waals surface area (Å²) >= 11 is 0. The number of Topliss-reactive ketones (excluding diaryl/α,β-unsaturated/α-hetero) is 1. The molecule has 0 aliphatic rings. The number of benzene rings is 2. The van der Waals surface area contributed by atoms with Crippen molar-refractivity contribution in [2.75, 3.05) is 20.8 Å². The molecule has 0 unspecified atom stereocenters. The summed E-state index contributed by atoms with van der Waals surface area (Å²) in [5.74, 6) is -1.58. The monoisotopic (exact) mass is 342 g/mol. The van der Waals surface area contributed by atoms with Crippen molar-refractivity contribution in [3.05, 3.63) is 53.6 Å². The standard InChI is InChI=1S/C19H18O6/c1-4-25-19(22)17(20)15-10-9-14(23-2)11-16(15)12-5-7-13(8-6-12)18(21)24-3/h5-11H,4H2,1-3H3. The third-order valence-corrected chi connectivity index (χ3v) is 3.55. The molecule has 0 fully saturated rings. The number of hydrogen-bond acceptors (Lipinski definition) is 6. The number of ketones is 1. The minimum atomic E-state index is -0.917. The predicted octanol–water partition coefficient (Wildman–Crippen LogP) is 2.89. The molecule has 0 aromatic heterocycles. The van der Waals surface area contributed by atoms with Gasteiger partial charge in [0, 0.05) is 5.56 Å². The first-order chi connectivity index (χ1) is 12.0. The van der Waals surface area contributed by atoms with Crippen LogP contribution in [0, 0.1) is 0 Å². The molecule has 2 aromatic rings. The van der Waals surface area contributed by atoms with Crippen LogP contribution in [0.1, 0.15) is 27.6 Å². The van der Waals surface area contributed by atoms with Gasteiger partial charge in [-0.15, -0.1) is 0 Å². The van der Waals surface area contributed by atoms with Gasteiger partial charge >= 0.3 is 11.9 Å². The maximum absolute atomic E-state index is 12.4. The first kappa shape index (κ1) is 18.2. The first-order valence-corrected chi connectivity index (χ1v) is 7.60. The van der Waals surface area contributed by atoms with Crippen molar-refractivity contribution >= 4 is 17.7 Å². The molecular formula is C19H18O6. The van der Waals surface area contributed by atoms with Crippen LogP contribution in [-0.4, -0.2) is 38.5 Å². The highest BCUT2D eigenvalue weighted by Gasteiger charge is 2.22. The minimum absolute atomic E-state index is 0.115. The fourth-order valence-electron chi connectivity index (χ4n) is 2.30. The van der Waals surface area contributed by atoms with Crippen molar-refractivity contribution in [1.82, 2.24) is 0 Å². The van der Waals surface area contributed by atoms with Crippen molar-refractivity contribution in [3.8, 4) is 16.9 Å². The van der Waals surface area contributed by atoms with Gasteiger partial charge in [0.25, 0.3) is 5.78 Å². The second kappa shape index (κ2) is 8.10. The summed E-state index contributed by atoms with van der Waals surface area (Å²) in [5, 5.41) is 0. The van der Waals surface area contributed by atoms with Gasteiger partial charge in [-0.3, -0.25) is 4.79 Å². The number of carbonyl (C=O) groups excluding carboxylic acids is 3. The van der Waals surface area contributed by atoms with Gasteiger partial charge in [-0.25, -0.2) is 9.59 Å². The van der Waals surface area contributed by atoms with Crippen molar-refractivity contribution < 1.29 is 28.6 Å². The van der Waals surface area contributed by atoms with Crippen LogP contribution in [0.3, 0.4) is 0 Å². The Labute approximate surface area is 145 Å². The van der Waals surface area contributed by atoms with Gasteiger partial charge in [0.05, 0.1) is 26.4 Å². The first-order valence-electron chi connectivity index (χ1n) is 7.60. The average molecular weight is 342 g/mol. The van der Waals surface area contributed by atoms with E-state index in [1.807, 2.05) is 0 Å². The van der Waals surface area contributed by atoms with Gasteiger partial charge in [-0.1, -0.05) is 12.1 Å². The van der Waals surface area contributed by atoms with Gasteiger partial charge in [0.1, 0.15) is 5.75 Å². The van der Waals surface area contributed by atoms with E-state index < -0.39 is 17.7 Å². The third-order valence-electron chi connectivity index (χ3n) is 3.55. The molecule has 2 aromatic carbocycles. The van der Waals surface area contributed by atoms with Crippen LogP contribution < -0.4 is 4.74 Å². The van der Waals surface area contributed by atoms with Crippen LogP contribution in [0.4, 0.5) is 0 Å². The molecule has 0 N–H and O–H groups in total. The second-order valence-corrected chi connectivity index (χ2v) is 5.03. The van der Waals surface area contributed by atoms with Crippen LogP contribution in [0.5, 0.6) is 5.75 Å². The Balaban J connectivity index is 2.49. The highest BCUT2D eigenvalue weighted by Crippen LogP contribution is 2.29. The van der Waals surface area contributed by atoms with Gasteiger partial charge in [0.15, 0.2) is 0 Å². The van der Waals surface area contributed by atoms with Crippen LogP contribution in [0.15, 0.2) is 42.5 Å². The number of hydrogen-bond donors (Lipinski definition) is 0. The molecule has 6 heteroatoms. The van der Waals surface area contributed by atoms with Gasteiger partial charge in [-0.05, 0) is 48.4 Å². The van der Waals surface area contributed by atoms with Crippen molar-refractivity contribution in [2.45, 2.75) is 6.92 Å². The molecule has 0 bridgehead atoms. The summed E-state index contributed by atoms with van der Waals surface area (Å²) in [5.41, 5.74) is 1.74. The normalized spacial score (nSPS) is 10.0. The lowest BCUT2D eigenvalue weighted by Gasteiger charge is -2.11. The molecule has 6 nitrogen and oxygen atoms in total. The van der Waals surface area contributed by atoms with Crippen LogP contribution in [0.25, 0.3) is 11.1 Å². The zero-order valence-corrected chi connectivity index (χ0v) is 14.2. The van der Waals surface area contributed by atoms with E-state index in [0.29, 0.717) is 22.4 Å². The van der Waals surface area contributed by atoms with E-state index in [1.54, 1.807) is 43.3 Å². The number of carbonyl (C=O) groups is 3. The number of ether oxygens (including phenoxy) is 3. The van der Waals surface area contributed by atoms with E-state index >= 15 is 0 Å². The minimum Gasteiger partial charge on any atom is -0.497 e. The fraction of sp³-hybridized carbons (Fsp3) is 0.211. The van der Waals surface area contributed by atoms with Gasteiger partial charge in [0.2, 0.25) is 0 Å². The SMILES string of the molecule is CCOC(=O)C(=O)c1ccc(OC)cc1-c1ccc(C(=O)OC)cc1. The maximum atomic E-state index is 12.4. The Kier molecular flexibility index (Phi) is 5.89. The number of rotatable bonds is 6. The Morgan fingerprint density at radius 2 is 1.64 bits per heavy atom. The third kappa shape index (κ3) is 4.03.